The van der Waals surface area contributed by atoms with E-state index in [0.29, 0.717) is 23.3 Å². The lowest BCUT2D eigenvalue weighted by Gasteiger charge is -2.12. The summed E-state index contributed by atoms with van der Waals surface area (Å²) >= 11 is 3.02. The number of hydrogen-bond donors (Lipinski definition) is 3. The zero-order valence-electron chi connectivity index (χ0n) is 18.8. The van der Waals surface area contributed by atoms with Crippen LogP contribution in [0.15, 0.2) is 45.3 Å². The summed E-state index contributed by atoms with van der Waals surface area (Å²) < 4.78 is 6.81. The average Bonchev–Trinajstić information content (AvgIpc) is 3.40. The number of benzene rings is 1. The van der Waals surface area contributed by atoms with Gasteiger partial charge in [-0.25, -0.2) is 9.97 Å². The Bertz CT molecular complexity index is 1010. The molecule has 1 atom stereocenters. The number of carbonyl (C=O) groups excluding carboxylic acids is 1. The Balaban J connectivity index is 1.45. The highest BCUT2D eigenvalue weighted by Crippen LogP contribution is 2.31. The van der Waals surface area contributed by atoms with Gasteiger partial charge in [-0.15, -0.1) is 11.8 Å². The van der Waals surface area contributed by atoms with Crippen LogP contribution in [0.3, 0.4) is 0 Å². The Kier molecular flexibility index (Phi) is 8.47. The zero-order valence-corrected chi connectivity index (χ0v) is 20.5. The molecule has 3 N–H and O–H groups in total. The standard InChI is InChI=1S/C23H30N4O3S2/c1-15(13-28)24-10-17-7-5-16(6-8-17)9-19(29)27-22-26-12-21(32-22)31-14-20-25-11-18(30-20)23(2,3)4/h5-8,11-12,15,24,28H,9-10,13-14H2,1-4H3,(H,26,27,29). The van der Waals surface area contributed by atoms with Gasteiger partial charge in [0, 0.05) is 18.0 Å². The Morgan fingerprint density at radius 3 is 2.56 bits per heavy atom. The zero-order chi connectivity index (χ0) is 23.1. The first-order valence-electron chi connectivity index (χ1n) is 10.5. The molecule has 0 fully saturated rings. The van der Waals surface area contributed by atoms with Crippen molar-refractivity contribution in [2.45, 2.75) is 62.1 Å². The number of rotatable bonds is 10. The van der Waals surface area contributed by atoms with Crippen LogP contribution in [0, 0.1) is 0 Å². The van der Waals surface area contributed by atoms with Gasteiger partial charge in [0.25, 0.3) is 0 Å². The number of nitrogens with zero attached hydrogens (tertiary/aromatic N) is 2. The van der Waals surface area contributed by atoms with Crippen molar-refractivity contribution in [3.8, 4) is 0 Å². The first-order valence-corrected chi connectivity index (χ1v) is 12.3. The van der Waals surface area contributed by atoms with Gasteiger partial charge in [0.15, 0.2) is 5.13 Å². The molecule has 32 heavy (non-hydrogen) atoms. The first-order chi connectivity index (χ1) is 15.2. The molecule has 172 valence electrons. The summed E-state index contributed by atoms with van der Waals surface area (Å²) in [6.07, 6.45) is 3.83. The number of anilines is 1. The number of thiazole rings is 1. The van der Waals surface area contributed by atoms with E-state index >= 15 is 0 Å². The lowest BCUT2D eigenvalue weighted by Crippen LogP contribution is -2.28. The summed E-state index contributed by atoms with van der Waals surface area (Å²) in [5, 5.41) is 15.7. The van der Waals surface area contributed by atoms with E-state index in [1.165, 1.54) is 11.3 Å². The van der Waals surface area contributed by atoms with Crippen molar-refractivity contribution in [2.75, 3.05) is 11.9 Å². The molecular weight excluding hydrogens is 444 g/mol. The van der Waals surface area contributed by atoms with Crippen LogP contribution in [-0.4, -0.2) is 33.6 Å². The maximum absolute atomic E-state index is 12.4. The van der Waals surface area contributed by atoms with E-state index < -0.39 is 0 Å². The van der Waals surface area contributed by atoms with E-state index in [1.54, 1.807) is 24.2 Å². The predicted molar refractivity (Wildman–Crippen MR) is 129 cm³/mol. The number of nitrogens with one attached hydrogen (secondary N) is 2. The topological polar surface area (TPSA) is 100 Å². The van der Waals surface area contributed by atoms with E-state index in [4.69, 9.17) is 9.52 Å². The van der Waals surface area contributed by atoms with Crippen LogP contribution in [0.25, 0.3) is 0 Å². The van der Waals surface area contributed by atoms with Gasteiger partial charge in [0.2, 0.25) is 11.8 Å². The highest BCUT2D eigenvalue weighted by Gasteiger charge is 2.19. The predicted octanol–water partition coefficient (Wildman–Crippen LogP) is 4.37. The second-order valence-electron chi connectivity index (χ2n) is 8.65. The van der Waals surface area contributed by atoms with Crippen LogP contribution in [0.5, 0.6) is 0 Å². The molecule has 1 amide bonds. The molecule has 3 aromatic rings. The van der Waals surface area contributed by atoms with Crippen LogP contribution in [0.4, 0.5) is 5.13 Å². The lowest BCUT2D eigenvalue weighted by molar-refractivity contribution is -0.115. The SMILES string of the molecule is CC(CO)NCc1ccc(CC(=O)Nc2ncc(SCc3ncc(C(C)(C)C)o3)s2)cc1. The van der Waals surface area contributed by atoms with E-state index in [9.17, 15) is 4.79 Å². The molecule has 1 aromatic carbocycles. The molecule has 2 aromatic heterocycles. The smallest absolute Gasteiger partial charge is 0.230 e. The molecule has 0 aliphatic rings. The van der Waals surface area contributed by atoms with Gasteiger partial charge >= 0.3 is 0 Å². The fraction of sp³-hybridized carbons (Fsp3) is 0.435. The number of oxazole rings is 1. The number of aliphatic hydroxyl groups excluding tert-OH is 1. The Morgan fingerprint density at radius 2 is 1.91 bits per heavy atom. The van der Waals surface area contributed by atoms with Crippen LogP contribution < -0.4 is 10.6 Å². The minimum atomic E-state index is -0.0989. The maximum Gasteiger partial charge on any atom is 0.230 e. The number of aliphatic hydroxyl groups is 1. The molecule has 0 saturated carbocycles. The highest BCUT2D eigenvalue weighted by atomic mass is 32.2. The summed E-state index contributed by atoms with van der Waals surface area (Å²) in [6, 6.07) is 7.94. The Hall–Kier alpha value is -2.20. The van der Waals surface area contributed by atoms with Crippen molar-refractivity contribution < 1.29 is 14.3 Å². The maximum atomic E-state index is 12.4. The number of carbonyl (C=O) groups is 1. The van der Waals surface area contributed by atoms with Crippen LogP contribution in [0.2, 0.25) is 0 Å². The molecule has 0 spiro atoms. The summed E-state index contributed by atoms with van der Waals surface area (Å²) in [6.45, 7) is 8.99. The third-order valence-corrected chi connectivity index (χ3v) is 6.77. The van der Waals surface area contributed by atoms with Crippen molar-refractivity contribution in [2.24, 2.45) is 0 Å². The van der Waals surface area contributed by atoms with Crippen LogP contribution in [-0.2, 0) is 28.9 Å². The van der Waals surface area contributed by atoms with Crippen molar-refractivity contribution in [3.05, 3.63) is 59.4 Å². The normalized spacial score (nSPS) is 12.7. The van der Waals surface area contributed by atoms with Crippen LogP contribution >= 0.6 is 23.1 Å². The summed E-state index contributed by atoms with van der Waals surface area (Å²) in [5.41, 5.74) is 1.98. The fourth-order valence-corrected chi connectivity index (χ4v) is 4.46. The van der Waals surface area contributed by atoms with Gasteiger partial charge in [-0.3, -0.25) is 4.79 Å². The molecule has 0 radical (unpaired) electrons. The highest BCUT2D eigenvalue weighted by molar-refractivity contribution is 8.00. The van der Waals surface area contributed by atoms with Crippen molar-refractivity contribution in [1.29, 1.82) is 0 Å². The Morgan fingerprint density at radius 1 is 1.19 bits per heavy atom. The quantitative estimate of drug-likeness (QED) is 0.375. The third-order valence-electron chi connectivity index (χ3n) is 4.68. The molecule has 0 bridgehead atoms. The monoisotopic (exact) mass is 474 g/mol. The summed E-state index contributed by atoms with van der Waals surface area (Å²) in [7, 11) is 0. The van der Waals surface area contributed by atoms with Gasteiger partial charge in [0.1, 0.15) is 5.76 Å². The summed E-state index contributed by atoms with van der Waals surface area (Å²) in [4.78, 5) is 21.0. The van der Waals surface area contributed by atoms with E-state index in [-0.39, 0.29) is 30.4 Å². The third kappa shape index (κ3) is 7.44. The number of amides is 1. The number of hydrogen-bond acceptors (Lipinski definition) is 8. The number of thioether (sulfide) groups is 1. The van der Waals surface area contributed by atoms with Crippen molar-refractivity contribution in [3.63, 3.8) is 0 Å². The molecule has 2 heterocycles. The fourth-order valence-electron chi connectivity index (χ4n) is 2.72. The Labute approximate surface area is 197 Å². The van der Waals surface area contributed by atoms with E-state index in [1.807, 2.05) is 31.2 Å². The van der Waals surface area contributed by atoms with Crippen molar-refractivity contribution >= 4 is 34.1 Å². The average molecular weight is 475 g/mol. The molecule has 0 saturated heterocycles. The first kappa shape index (κ1) is 24.4. The second kappa shape index (κ2) is 11.1. The van der Waals surface area contributed by atoms with Gasteiger partial charge in [0.05, 0.1) is 35.4 Å². The molecule has 9 heteroatoms. The van der Waals surface area contributed by atoms with Crippen LogP contribution in [0.1, 0.15) is 50.5 Å². The minimum Gasteiger partial charge on any atom is -0.444 e. The second-order valence-corrected chi connectivity index (χ2v) is 11.0. The lowest BCUT2D eigenvalue weighted by atomic mass is 9.94. The van der Waals surface area contributed by atoms with E-state index in [0.717, 1.165) is 21.1 Å². The van der Waals surface area contributed by atoms with Gasteiger partial charge in [-0.2, -0.15) is 0 Å². The van der Waals surface area contributed by atoms with Gasteiger partial charge < -0.3 is 20.2 Å². The number of aromatic nitrogens is 2. The van der Waals surface area contributed by atoms with Gasteiger partial charge in [-0.1, -0.05) is 56.4 Å². The molecule has 0 aliphatic heterocycles. The molecule has 1 unspecified atom stereocenters. The molecule has 0 aliphatic carbocycles. The molecule has 3 rings (SSSR count). The summed E-state index contributed by atoms with van der Waals surface area (Å²) in [5.74, 6) is 2.07. The minimum absolute atomic E-state index is 0.0538. The van der Waals surface area contributed by atoms with E-state index in [2.05, 4.69) is 41.4 Å². The largest absolute Gasteiger partial charge is 0.444 e. The molecule has 7 nitrogen and oxygen atoms in total. The molecular formula is C23H30N4O3S2. The van der Waals surface area contributed by atoms with Gasteiger partial charge in [-0.05, 0) is 18.1 Å². The van der Waals surface area contributed by atoms with Crippen molar-refractivity contribution in [1.82, 2.24) is 15.3 Å².